The maximum atomic E-state index is 14.9. The van der Waals surface area contributed by atoms with Crippen molar-refractivity contribution in [3.05, 3.63) is 63.9 Å². The van der Waals surface area contributed by atoms with E-state index in [0.29, 0.717) is 32.2 Å². The zero-order valence-corrected chi connectivity index (χ0v) is 18.5. The molecule has 0 aliphatic carbocycles. The molecule has 2 aromatic carbocycles. The summed E-state index contributed by atoms with van der Waals surface area (Å²) in [6, 6.07) is 4.67. The number of rotatable bonds is 4. The zero-order valence-electron chi connectivity index (χ0n) is 16.1. The van der Waals surface area contributed by atoms with Crippen LogP contribution < -0.4 is 10.1 Å². The van der Waals surface area contributed by atoms with Crippen LogP contribution in [-0.2, 0) is 6.18 Å². The molecule has 1 aliphatic heterocycles. The standard InChI is InChI=1S/C19H16ClF7N2O.2ClH/c20-14-6-5-13(18(22,23)24)15(16(14)21)17(29-9-7-28-8-10-29)11-1-3-12(4-2-11)30-19(25,26)27;;/h1-6,17,28H,7-10H2;2*1H/t17-;;/m0../s1. The molecule has 1 N–H and O–H groups in total. The predicted molar refractivity (Wildman–Crippen MR) is 110 cm³/mol. The first kappa shape index (κ1) is 28.6. The van der Waals surface area contributed by atoms with Gasteiger partial charge in [0.2, 0.25) is 0 Å². The van der Waals surface area contributed by atoms with Crippen LogP contribution in [0.3, 0.4) is 0 Å². The molecule has 0 amide bonds. The van der Waals surface area contributed by atoms with Crippen molar-refractivity contribution in [1.82, 2.24) is 10.2 Å². The van der Waals surface area contributed by atoms with Crippen molar-refractivity contribution >= 4 is 36.4 Å². The van der Waals surface area contributed by atoms with Gasteiger partial charge in [0.05, 0.1) is 16.6 Å². The van der Waals surface area contributed by atoms with Gasteiger partial charge in [-0.3, -0.25) is 4.90 Å². The minimum Gasteiger partial charge on any atom is -0.406 e. The second-order valence-corrected chi connectivity index (χ2v) is 7.03. The van der Waals surface area contributed by atoms with Gasteiger partial charge < -0.3 is 10.1 Å². The molecule has 1 atom stereocenters. The molecular formula is C19H18Cl3F7N2O. The van der Waals surface area contributed by atoms with Crippen LogP contribution >= 0.6 is 36.4 Å². The molecule has 0 spiro atoms. The van der Waals surface area contributed by atoms with Gasteiger partial charge in [-0.15, -0.1) is 38.0 Å². The molecule has 32 heavy (non-hydrogen) atoms. The normalized spacial score (nSPS) is 16.0. The number of alkyl halides is 6. The quantitative estimate of drug-likeness (QED) is 0.475. The summed E-state index contributed by atoms with van der Waals surface area (Å²) in [6.07, 6.45) is -9.77. The lowest BCUT2D eigenvalue weighted by molar-refractivity contribution is -0.274. The Morgan fingerprint density at radius 2 is 1.47 bits per heavy atom. The largest absolute Gasteiger partial charge is 0.573 e. The van der Waals surface area contributed by atoms with E-state index in [1.165, 1.54) is 12.1 Å². The third kappa shape index (κ3) is 6.77. The highest BCUT2D eigenvalue weighted by Crippen LogP contribution is 2.42. The van der Waals surface area contributed by atoms with Crippen LogP contribution in [0.15, 0.2) is 36.4 Å². The molecule has 180 valence electrons. The summed E-state index contributed by atoms with van der Waals surface area (Å²) in [5, 5.41) is 2.57. The van der Waals surface area contributed by atoms with E-state index in [2.05, 4.69) is 10.1 Å². The summed E-state index contributed by atoms with van der Waals surface area (Å²) >= 11 is 5.79. The summed E-state index contributed by atoms with van der Waals surface area (Å²) in [7, 11) is 0. The van der Waals surface area contributed by atoms with Crippen molar-refractivity contribution in [3.63, 3.8) is 0 Å². The third-order valence-corrected chi connectivity index (χ3v) is 4.95. The topological polar surface area (TPSA) is 24.5 Å². The Balaban J connectivity index is 0.00000256. The lowest BCUT2D eigenvalue weighted by Crippen LogP contribution is -2.46. The van der Waals surface area contributed by atoms with Crippen LogP contribution in [0.4, 0.5) is 30.7 Å². The summed E-state index contributed by atoms with van der Waals surface area (Å²) in [4.78, 5) is 1.63. The number of hydrogen-bond donors (Lipinski definition) is 1. The SMILES string of the molecule is Cl.Cl.Fc1c(Cl)ccc(C(F)(F)F)c1[C@H](c1ccc(OC(F)(F)F)cc1)N1CCNCC1. The lowest BCUT2D eigenvalue weighted by Gasteiger charge is -2.37. The molecule has 1 saturated heterocycles. The number of ether oxygens (including phenoxy) is 1. The van der Waals surface area contributed by atoms with Gasteiger partial charge >= 0.3 is 12.5 Å². The molecule has 0 bridgehead atoms. The van der Waals surface area contributed by atoms with Crippen LogP contribution in [0.2, 0.25) is 5.02 Å². The van der Waals surface area contributed by atoms with Crippen LogP contribution in [0.1, 0.15) is 22.7 Å². The van der Waals surface area contributed by atoms with Crippen LogP contribution in [0, 0.1) is 5.82 Å². The van der Waals surface area contributed by atoms with Gasteiger partial charge in [-0.05, 0) is 29.8 Å². The van der Waals surface area contributed by atoms with Crippen LogP contribution in [0.25, 0.3) is 0 Å². The Hall–Kier alpha value is -1.46. The second-order valence-electron chi connectivity index (χ2n) is 6.63. The average Bonchev–Trinajstić information content (AvgIpc) is 2.65. The van der Waals surface area contributed by atoms with E-state index in [4.69, 9.17) is 11.6 Å². The highest BCUT2D eigenvalue weighted by atomic mass is 35.5. The van der Waals surface area contributed by atoms with E-state index in [1.54, 1.807) is 4.90 Å². The maximum Gasteiger partial charge on any atom is 0.573 e. The van der Waals surface area contributed by atoms with Crippen LogP contribution in [-0.4, -0.2) is 37.4 Å². The number of nitrogens with one attached hydrogen (secondary N) is 1. The smallest absolute Gasteiger partial charge is 0.406 e. The Kier molecular flexibility index (Phi) is 9.92. The maximum absolute atomic E-state index is 14.9. The minimum absolute atomic E-state index is 0. The van der Waals surface area contributed by atoms with Gasteiger partial charge in [0.15, 0.2) is 0 Å². The van der Waals surface area contributed by atoms with Gasteiger partial charge in [0.25, 0.3) is 0 Å². The number of nitrogens with zero attached hydrogens (tertiary/aromatic N) is 1. The number of piperazine rings is 1. The van der Waals surface area contributed by atoms with Crippen molar-refractivity contribution in [2.75, 3.05) is 26.2 Å². The van der Waals surface area contributed by atoms with E-state index in [1.807, 2.05) is 0 Å². The number of benzene rings is 2. The van der Waals surface area contributed by atoms with Gasteiger partial charge in [-0.2, -0.15) is 13.2 Å². The van der Waals surface area contributed by atoms with Crippen molar-refractivity contribution in [2.24, 2.45) is 0 Å². The minimum atomic E-state index is -4.91. The summed E-state index contributed by atoms with van der Waals surface area (Å²) < 4.78 is 97.0. The van der Waals surface area contributed by atoms with E-state index in [0.717, 1.165) is 18.2 Å². The fraction of sp³-hybridized carbons (Fsp3) is 0.368. The fourth-order valence-corrected chi connectivity index (χ4v) is 3.60. The molecule has 1 aliphatic rings. The Morgan fingerprint density at radius 3 is 1.97 bits per heavy atom. The summed E-state index contributed by atoms with van der Waals surface area (Å²) in [5.41, 5.74) is -1.68. The highest BCUT2D eigenvalue weighted by Gasteiger charge is 2.40. The van der Waals surface area contributed by atoms with E-state index >= 15 is 0 Å². The van der Waals surface area contributed by atoms with E-state index < -0.39 is 46.3 Å². The zero-order chi connectivity index (χ0) is 22.1. The van der Waals surface area contributed by atoms with Crippen molar-refractivity contribution in [3.8, 4) is 5.75 Å². The van der Waals surface area contributed by atoms with Gasteiger partial charge in [-0.25, -0.2) is 4.39 Å². The number of halogens is 10. The molecule has 13 heteroatoms. The third-order valence-electron chi connectivity index (χ3n) is 4.66. The molecule has 0 radical (unpaired) electrons. The summed E-state index contributed by atoms with van der Waals surface area (Å²) in [5.74, 6) is -1.75. The Bertz CT molecular complexity index is 886. The molecule has 2 aromatic rings. The lowest BCUT2D eigenvalue weighted by atomic mass is 9.91. The molecular weight excluding hydrogens is 512 g/mol. The number of hydrogen-bond acceptors (Lipinski definition) is 3. The molecule has 1 heterocycles. The molecule has 3 nitrogen and oxygen atoms in total. The van der Waals surface area contributed by atoms with Gasteiger partial charge in [-0.1, -0.05) is 23.7 Å². The Labute approximate surface area is 196 Å². The average molecular weight is 530 g/mol. The van der Waals surface area contributed by atoms with Gasteiger partial charge in [0.1, 0.15) is 11.6 Å². The van der Waals surface area contributed by atoms with Crippen molar-refractivity contribution in [1.29, 1.82) is 0 Å². The monoisotopic (exact) mass is 528 g/mol. The molecule has 0 aromatic heterocycles. The van der Waals surface area contributed by atoms with Crippen molar-refractivity contribution in [2.45, 2.75) is 18.6 Å². The van der Waals surface area contributed by atoms with E-state index in [9.17, 15) is 30.7 Å². The molecule has 0 unspecified atom stereocenters. The predicted octanol–water partition coefficient (Wildman–Crippen LogP) is 6.23. The fourth-order valence-electron chi connectivity index (χ4n) is 3.43. The Morgan fingerprint density at radius 1 is 0.906 bits per heavy atom. The van der Waals surface area contributed by atoms with Crippen LogP contribution in [0.5, 0.6) is 5.75 Å². The van der Waals surface area contributed by atoms with E-state index in [-0.39, 0.29) is 30.4 Å². The highest BCUT2D eigenvalue weighted by molar-refractivity contribution is 6.30. The first-order valence-corrected chi connectivity index (χ1v) is 9.21. The molecule has 1 fully saturated rings. The second kappa shape index (κ2) is 11.1. The first-order valence-electron chi connectivity index (χ1n) is 8.83. The van der Waals surface area contributed by atoms with Crippen molar-refractivity contribution < 1.29 is 35.5 Å². The molecule has 3 rings (SSSR count). The van der Waals surface area contributed by atoms with Gasteiger partial charge in [0, 0.05) is 31.7 Å². The first-order chi connectivity index (χ1) is 14.0. The summed E-state index contributed by atoms with van der Waals surface area (Å²) in [6.45, 7) is 1.51. The molecule has 0 saturated carbocycles.